The Labute approximate surface area is 343 Å². The van der Waals surface area contributed by atoms with Crippen molar-refractivity contribution >= 4 is 17.9 Å². The van der Waals surface area contributed by atoms with Gasteiger partial charge in [-0.25, -0.2) is 4.79 Å². The Balaban J connectivity index is 2.40. The highest BCUT2D eigenvalue weighted by Crippen LogP contribution is 2.23. The first kappa shape index (κ1) is 51.9. The number of rotatable bonds is 35. The normalized spacial score (nSPS) is 20.8. The minimum atomic E-state index is -1.87. The number of carbonyl (C=O) groups is 3. The second-order valence-electron chi connectivity index (χ2n) is 14.8. The van der Waals surface area contributed by atoms with Crippen LogP contribution >= 0.6 is 0 Å². The summed E-state index contributed by atoms with van der Waals surface area (Å²) in [6.45, 7) is 3.65. The summed E-state index contributed by atoms with van der Waals surface area (Å²) >= 11 is 0. The summed E-state index contributed by atoms with van der Waals surface area (Å²) < 4.78 is 21.7. The molecule has 6 unspecified atom stereocenters. The predicted octanol–water partition coefficient (Wildman–Crippen LogP) is 9.14. The van der Waals surface area contributed by atoms with E-state index >= 15 is 0 Å². The summed E-state index contributed by atoms with van der Waals surface area (Å²) in [6.07, 6.45) is 34.2. The fourth-order valence-corrected chi connectivity index (χ4v) is 6.20. The Hall–Kier alpha value is -3.09. The van der Waals surface area contributed by atoms with Crippen LogP contribution < -0.4 is 0 Å². The maximum atomic E-state index is 12.7. The molecule has 0 amide bonds. The Morgan fingerprint density at radius 2 is 1.04 bits per heavy atom. The highest BCUT2D eigenvalue weighted by Gasteiger charge is 2.47. The molecule has 1 rings (SSSR count). The summed E-state index contributed by atoms with van der Waals surface area (Å²) in [5, 5.41) is 39.8. The molecule has 11 nitrogen and oxygen atoms in total. The number of carboxylic acid groups (broad SMARTS) is 1. The zero-order chi connectivity index (χ0) is 41.8. The third-order valence-electron chi connectivity index (χ3n) is 9.63. The van der Waals surface area contributed by atoms with Crippen LogP contribution in [0.4, 0.5) is 0 Å². The van der Waals surface area contributed by atoms with Crippen LogP contribution in [0, 0.1) is 0 Å². The molecule has 0 aromatic rings. The quantitative estimate of drug-likeness (QED) is 0.0274. The second-order valence-corrected chi connectivity index (χ2v) is 14.8. The first-order chi connectivity index (χ1) is 27.7. The Bertz CT molecular complexity index is 1180. The number of hydrogen-bond donors (Lipinski definition) is 4. The van der Waals surface area contributed by atoms with Crippen LogP contribution in [0.25, 0.3) is 0 Å². The molecular formula is C46H76O11. The Kier molecular flexibility index (Phi) is 32.8. The lowest BCUT2D eigenvalue weighted by Crippen LogP contribution is -2.60. The predicted molar refractivity (Wildman–Crippen MR) is 224 cm³/mol. The van der Waals surface area contributed by atoms with Crippen LogP contribution in [0.5, 0.6) is 0 Å². The zero-order valence-corrected chi connectivity index (χ0v) is 35.1. The van der Waals surface area contributed by atoms with Gasteiger partial charge in [0, 0.05) is 12.8 Å². The molecule has 1 heterocycles. The molecular weight excluding hydrogens is 728 g/mol. The number of unbranched alkanes of at least 4 members (excludes halogenated alkanes) is 14. The number of aliphatic carboxylic acids is 1. The maximum Gasteiger partial charge on any atom is 0.335 e. The monoisotopic (exact) mass is 805 g/mol. The largest absolute Gasteiger partial charge is 0.479 e. The smallest absolute Gasteiger partial charge is 0.335 e. The van der Waals surface area contributed by atoms with E-state index in [0.29, 0.717) is 12.8 Å². The molecule has 326 valence electrons. The van der Waals surface area contributed by atoms with E-state index in [1.807, 2.05) is 0 Å². The maximum absolute atomic E-state index is 12.7. The SMILES string of the molecule is CC/C=C\C/C=C\C/C=C\C/C=C\C/C=C\CCCCCC(=O)OCC(COC1OC(C(=O)O)C(O)C(O)C1O)OC(=O)CCCCCCCCCCCCCC. The molecule has 1 saturated heterocycles. The zero-order valence-electron chi connectivity index (χ0n) is 35.1. The molecule has 0 radical (unpaired) electrons. The van der Waals surface area contributed by atoms with Gasteiger partial charge in [0.1, 0.15) is 24.9 Å². The molecule has 4 N–H and O–H groups in total. The highest BCUT2D eigenvalue weighted by atomic mass is 16.7. The third-order valence-corrected chi connectivity index (χ3v) is 9.63. The molecule has 0 spiro atoms. The number of carboxylic acids is 1. The first-order valence-electron chi connectivity index (χ1n) is 21.8. The third kappa shape index (κ3) is 28.1. The van der Waals surface area contributed by atoms with Crippen LogP contribution in [-0.4, -0.2) is 88.4 Å². The molecule has 1 aliphatic rings. The van der Waals surface area contributed by atoms with Crippen molar-refractivity contribution in [3.8, 4) is 0 Å². The molecule has 11 heteroatoms. The average molecular weight is 805 g/mol. The fraction of sp³-hybridized carbons (Fsp3) is 0.717. The Morgan fingerprint density at radius 3 is 1.56 bits per heavy atom. The van der Waals surface area contributed by atoms with E-state index < -0.39 is 61.3 Å². The number of allylic oxidation sites excluding steroid dienone is 10. The summed E-state index contributed by atoms with van der Waals surface area (Å²) in [6, 6.07) is 0. The van der Waals surface area contributed by atoms with Gasteiger partial charge in [-0.05, 0) is 57.8 Å². The van der Waals surface area contributed by atoms with E-state index in [-0.39, 0.29) is 19.4 Å². The van der Waals surface area contributed by atoms with Gasteiger partial charge < -0.3 is 39.4 Å². The van der Waals surface area contributed by atoms with Crippen LogP contribution in [0.2, 0.25) is 0 Å². The minimum absolute atomic E-state index is 0.175. The molecule has 0 saturated carbocycles. The van der Waals surface area contributed by atoms with E-state index in [9.17, 15) is 34.8 Å². The summed E-state index contributed by atoms with van der Waals surface area (Å²) in [5.41, 5.74) is 0. The van der Waals surface area contributed by atoms with E-state index in [1.165, 1.54) is 51.4 Å². The standard InChI is InChI=1S/C46H76O11/c1-3-5-7-9-11-13-15-17-18-19-20-21-22-23-25-26-28-30-32-34-39(47)54-36-38(37-55-46-43(51)41(49)42(50)44(57-46)45(52)53)56-40(48)35-33-31-29-27-24-16-14-12-10-8-6-4-2/h5,7,11,13,17-18,20-21,23,25,38,41-44,46,49-51H,3-4,6,8-10,12,14-16,19,22,24,26-37H2,1-2H3,(H,52,53)/b7-5-,13-11-,18-17-,21-20-,25-23-. The van der Waals surface area contributed by atoms with Crippen LogP contribution in [0.15, 0.2) is 60.8 Å². The van der Waals surface area contributed by atoms with E-state index in [0.717, 1.165) is 70.6 Å². The van der Waals surface area contributed by atoms with E-state index in [2.05, 4.69) is 74.6 Å². The van der Waals surface area contributed by atoms with Crippen LogP contribution in [0.3, 0.4) is 0 Å². The second kappa shape index (κ2) is 36.0. The average Bonchev–Trinajstić information content (AvgIpc) is 3.19. The number of aliphatic hydroxyl groups is 3. The molecule has 57 heavy (non-hydrogen) atoms. The number of esters is 2. The van der Waals surface area contributed by atoms with Crippen molar-refractivity contribution in [3.63, 3.8) is 0 Å². The van der Waals surface area contributed by atoms with E-state index in [4.69, 9.17) is 18.9 Å². The number of carbonyl (C=O) groups excluding carboxylic acids is 2. The van der Waals surface area contributed by atoms with Gasteiger partial charge >= 0.3 is 17.9 Å². The molecule has 6 atom stereocenters. The van der Waals surface area contributed by atoms with Crippen LogP contribution in [-0.2, 0) is 33.3 Å². The molecule has 0 bridgehead atoms. The number of ether oxygens (including phenoxy) is 4. The molecule has 0 aromatic heterocycles. The summed E-state index contributed by atoms with van der Waals surface area (Å²) in [4.78, 5) is 36.8. The number of hydrogen-bond acceptors (Lipinski definition) is 10. The Morgan fingerprint density at radius 1 is 0.561 bits per heavy atom. The van der Waals surface area contributed by atoms with E-state index in [1.54, 1.807) is 0 Å². The topological polar surface area (TPSA) is 169 Å². The van der Waals surface area contributed by atoms with Gasteiger partial charge in [0.25, 0.3) is 0 Å². The van der Waals surface area contributed by atoms with Crippen molar-refractivity contribution in [2.24, 2.45) is 0 Å². The van der Waals surface area contributed by atoms with Gasteiger partial charge in [-0.3, -0.25) is 9.59 Å². The lowest BCUT2D eigenvalue weighted by molar-refractivity contribution is -0.298. The first-order valence-corrected chi connectivity index (χ1v) is 21.8. The van der Waals surface area contributed by atoms with Gasteiger partial charge in [0.05, 0.1) is 6.61 Å². The molecule has 1 aliphatic heterocycles. The lowest BCUT2D eigenvalue weighted by Gasteiger charge is -2.38. The van der Waals surface area contributed by atoms with Gasteiger partial charge in [0.15, 0.2) is 18.5 Å². The summed E-state index contributed by atoms with van der Waals surface area (Å²) in [5.74, 6) is -2.49. The fourth-order valence-electron chi connectivity index (χ4n) is 6.20. The van der Waals surface area contributed by atoms with Crippen molar-refractivity contribution in [2.45, 2.75) is 198 Å². The van der Waals surface area contributed by atoms with Crippen molar-refractivity contribution < 1.29 is 53.8 Å². The highest BCUT2D eigenvalue weighted by molar-refractivity contribution is 5.73. The van der Waals surface area contributed by atoms with Gasteiger partial charge in [0.2, 0.25) is 0 Å². The molecule has 0 aromatic carbocycles. The minimum Gasteiger partial charge on any atom is -0.479 e. The number of aliphatic hydroxyl groups excluding tert-OH is 3. The van der Waals surface area contributed by atoms with Crippen LogP contribution in [0.1, 0.15) is 162 Å². The van der Waals surface area contributed by atoms with Crippen molar-refractivity contribution in [1.29, 1.82) is 0 Å². The molecule has 0 aliphatic carbocycles. The van der Waals surface area contributed by atoms with Gasteiger partial charge in [-0.15, -0.1) is 0 Å². The lowest BCUT2D eigenvalue weighted by atomic mass is 9.99. The van der Waals surface area contributed by atoms with Crippen molar-refractivity contribution in [3.05, 3.63) is 60.8 Å². The van der Waals surface area contributed by atoms with Gasteiger partial charge in [-0.1, -0.05) is 152 Å². The summed E-state index contributed by atoms with van der Waals surface area (Å²) in [7, 11) is 0. The molecule has 1 fully saturated rings. The van der Waals surface area contributed by atoms with Gasteiger partial charge in [-0.2, -0.15) is 0 Å². The van der Waals surface area contributed by atoms with Crippen molar-refractivity contribution in [1.82, 2.24) is 0 Å². The van der Waals surface area contributed by atoms with Crippen molar-refractivity contribution in [2.75, 3.05) is 13.2 Å².